The third kappa shape index (κ3) is 7.29. The third-order valence-corrected chi connectivity index (χ3v) is 10.1. The molecular weight excluding hydrogens is 648 g/mol. The molecule has 0 radical (unpaired) electrons. The highest BCUT2D eigenvalue weighted by atomic mass is 79.9. The van der Waals surface area contributed by atoms with Gasteiger partial charge in [0.2, 0.25) is 20.0 Å². The molecule has 0 unspecified atom stereocenters. The molecule has 16 heteroatoms. The van der Waals surface area contributed by atoms with E-state index < -0.39 is 51.1 Å². The van der Waals surface area contributed by atoms with Gasteiger partial charge in [0, 0.05) is 49.0 Å². The Morgan fingerprint density at radius 1 is 0.639 bits per heavy atom. The van der Waals surface area contributed by atoms with Gasteiger partial charge in [-0.25, -0.2) is 16.8 Å². The van der Waals surface area contributed by atoms with Crippen LogP contribution in [0.4, 0.5) is 11.4 Å². The lowest BCUT2D eigenvalue weighted by Crippen LogP contribution is -2.42. The van der Waals surface area contributed by atoms with E-state index in [1.807, 2.05) is 0 Å². The molecule has 0 saturated heterocycles. The van der Waals surface area contributed by atoms with Crippen LogP contribution >= 0.6 is 31.9 Å². The molecule has 0 heterocycles. The summed E-state index contributed by atoms with van der Waals surface area (Å²) in [4.78, 5) is 20.3. The van der Waals surface area contributed by atoms with Crippen LogP contribution in [0.25, 0.3) is 0 Å². The van der Waals surface area contributed by atoms with E-state index in [0.29, 0.717) is 23.5 Å². The van der Waals surface area contributed by atoms with E-state index in [-0.39, 0.29) is 26.2 Å². The van der Waals surface area contributed by atoms with Gasteiger partial charge in [-0.2, -0.15) is 8.61 Å². The quantitative estimate of drug-likeness (QED) is 0.157. The standard InChI is InChI=1S/C20H24Br2N4O8S2/c21-11-5-13-23(35(31,32)19-9-3-1-7-17(19)25(27)28)15-16-24(14-6-12-22)36(33,34)20-10-4-2-8-18(20)26(29)30/h1-4,7-10H,5-6,11-16H2. The number of benzene rings is 2. The van der Waals surface area contributed by atoms with Gasteiger partial charge in [0.25, 0.3) is 11.4 Å². The molecule has 0 aromatic heterocycles. The molecule has 0 amide bonds. The zero-order valence-electron chi connectivity index (χ0n) is 18.9. The molecular formula is C20H24Br2N4O8S2. The molecule has 0 fully saturated rings. The van der Waals surface area contributed by atoms with Gasteiger partial charge < -0.3 is 0 Å². The van der Waals surface area contributed by atoms with Crippen molar-refractivity contribution in [2.24, 2.45) is 0 Å². The molecule has 36 heavy (non-hydrogen) atoms. The second kappa shape index (κ2) is 13.5. The maximum Gasteiger partial charge on any atom is 0.289 e. The fraction of sp³-hybridized carbons (Fsp3) is 0.400. The number of sulfonamides is 2. The molecule has 0 N–H and O–H groups in total. The first-order valence-electron chi connectivity index (χ1n) is 10.6. The Hall–Kier alpha value is -1.98. The smallest absolute Gasteiger partial charge is 0.258 e. The van der Waals surface area contributed by atoms with Gasteiger partial charge in [0.05, 0.1) is 9.85 Å². The molecule has 0 bridgehead atoms. The summed E-state index contributed by atoms with van der Waals surface area (Å²) in [5.41, 5.74) is -1.19. The highest BCUT2D eigenvalue weighted by molar-refractivity contribution is 9.09. The largest absolute Gasteiger partial charge is 0.289 e. The summed E-state index contributed by atoms with van der Waals surface area (Å²) in [5.74, 6) is 0. The van der Waals surface area contributed by atoms with E-state index in [0.717, 1.165) is 32.9 Å². The van der Waals surface area contributed by atoms with Crippen molar-refractivity contribution in [3.63, 3.8) is 0 Å². The van der Waals surface area contributed by atoms with Gasteiger partial charge in [-0.15, -0.1) is 0 Å². The van der Waals surface area contributed by atoms with Crippen LogP contribution in [0.15, 0.2) is 58.3 Å². The summed E-state index contributed by atoms with van der Waals surface area (Å²) >= 11 is 6.46. The SMILES string of the molecule is O=[N+]([O-])c1ccccc1S(=O)(=O)N(CCCBr)CCN(CCCBr)S(=O)(=O)c1ccccc1[N+](=O)[O-]. The van der Waals surface area contributed by atoms with Crippen LogP contribution in [0, 0.1) is 20.2 Å². The van der Waals surface area contributed by atoms with Gasteiger partial charge >= 0.3 is 0 Å². The normalized spacial score (nSPS) is 12.2. The maximum absolute atomic E-state index is 13.4. The number of nitrogens with zero attached hydrogens (tertiary/aromatic N) is 4. The van der Waals surface area contributed by atoms with E-state index in [1.165, 1.54) is 24.3 Å². The summed E-state index contributed by atoms with van der Waals surface area (Å²) < 4.78 is 55.6. The van der Waals surface area contributed by atoms with Gasteiger partial charge in [0.1, 0.15) is 0 Å². The van der Waals surface area contributed by atoms with Crippen LogP contribution in [-0.4, -0.2) is 72.1 Å². The molecule has 198 valence electrons. The maximum atomic E-state index is 13.4. The van der Waals surface area contributed by atoms with Gasteiger partial charge in [-0.3, -0.25) is 20.2 Å². The summed E-state index contributed by atoms with van der Waals surface area (Å²) in [5, 5.41) is 23.7. The first-order chi connectivity index (χ1) is 17.0. The Balaban J connectivity index is 2.46. The first kappa shape index (κ1) is 30.2. The molecule has 0 aliphatic heterocycles. The molecule has 0 spiro atoms. The van der Waals surface area contributed by atoms with Crippen LogP contribution in [0.5, 0.6) is 0 Å². The van der Waals surface area contributed by atoms with Crippen LogP contribution in [0.2, 0.25) is 0 Å². The Bertz CT molecular complexity index is 1190. The van der Waals surface area contributed by atoms with Gasteiger partial charge in [-0.1, -0.05) is 56.1 Å². The molecule has 0 aliphatic carbocycles. The lowest BCUT2D eigenvalue weighted by molar-refractivity contribution is -0.388. The number of hydrogen-bond acceptors (Lipinski definition) is 8. The van der Waals surface area contributed by atoms with Crippen molar-refractivity contribution in [3.8, 4) is 0 Å². The molecule has 0 atom stereocenters. The zero-order chi connectivity index (χ0) is 26.9. The van der Waals surface area contributed by atoms with Crippen molar-refractivity contribution >= 4 is 63.3 Å². The minimum absolute atomic E-state index is 0.0303. The van der Waals surface area contributed by atoms with E-state index >= 15 is 0 Å². The predicted octanol–water partition coefficient (Wildman–Crippen LogP) is 3.75. The average Bonchev–Trinajstić information content (AvgIpc) is 2.85. The van der Waals surface area contributed by atoms with Crippen molar-refractivity contribution < 1.29 is 26.7 Å². The Kier molecular flexibility index (Phi) is 11.4. The summed E-state index contributed by atoms with van der Waals surface area (Å²) in [6, 6.07) is 9.84. The Morgan fingerprint density at radius 2 is 0.972 bits per heavy atom. The fourth-order valence-electron chi connectivity index (χ4n) is 3.33. The summed E-state index contributed by atoms with van der Waals surface area (Å²) in [7, 11) is -8.73. The molecule has 2 aromatic carbocycles. The van der Waals surface area contributed by atoms with Crippen molar-refractivity contribution in [1.29, 1.82) is 0 Å². The van der Waals surface area contributed by atoms with Gasteiger partial charge in [-0.05, 0) is 25.0 Å². The minimum Gasteiger partial charge on any atom is -0.258 e. The molecule has 2 aromatic rings. The Labute approximate surface area is 225 Å². The van der Waals surface area contributed by atoms with Crippen LogP contribution in [0.3, 0.4) is 0 Å². The number of nitro benzene ring substituents is 2. The molecule has 2 rings (SSSR count). The number of hydrogen-bond donors (Lipinski definition) is 0. The third-order valence-electron chi connectivity index (χ3n) is 5.04. The van der Waals surface area contributed by atoms with Crippen molar-refractivity contribution in [2.45, 2.75) is 22.6 Å². The van der Waals surface area contributed by atoms with Crippen LogP contribution in [0.1, 0.15) is 12.8 Å². The van der Waals surface area contributed by atoms with E-state index in [4.69, 9.17) is 0 Å². The summed E-state index contributed by atoms with van der Waals surface area (Å²) in [6.07, 6.45) is 0.719. The summed E-state index contributed by atoms with van der Waals surface area (Å²) in [6.45, 7) is -0.693. The Morgan fingerprint density at radius 3 is 1.28 bits per heavy atom. The number of alkyl halides is 2. The molecule has 12 nitrogen and oxygen atoms in total. The van der Waals surface area contributed by atoms with Crippen LogP contribution < -0.4 is 0 Å². The number of rotatable bonds is 15. The number of para-hydroxylation sites is 2. The predicted molar refractivity (Wildman–Crippen MR) is 141 cm³/mol. The van der Waals surface area contributed by atoms with E-state index in [1.54, 1.807) is 0 Å². The monoisotopic (exact) mass is 670 g/mol. The molecule has 0 saturated carbocycles. The molecule has 0 aliphatic rings. The fourth-order valence-corrected chi connectivity index (χ4v) is 7.09. The lowest BCUT2D eigenvalue weighted by Gasteiger charge is -2.27. The second-order valence-electron chi connectivity index (χ2n) is 7.34. The van der Waals surface area contributed by atoms with Crippen molar-refractivity contribution in [2.75, 3.05) is 36.8 Å². The first-order valence-corrected chi connectivity index (χ1v) is 15.7. The average molecular weight is 672 g/mol. The van der Waals surface area contributed by atoms with E-state index in [9.17, 15) is 37.1 Å². The van der Waals surface area contributed by atoms with Crippen LogP contribution in [-0.2, 0) is 20.0 Å². The zero-order valence-corrected chi connectivity index (χ0v) is 23.7. The highest BCUT2D eigenvalue weighted by Crippen LogP contribution is 2.28. The number of nitro groups is 2. The van der Waals surface area contributed by atoms with Crippen molar-refractivity contribution in [3.05, 3.63) is 68.8 Å². The number of halogens is 2. The van der Waals surface area contributed by atoms with Gasteiger partial charge in [0.15, 0.2) is 9.79 Å². The lowest BCUT2D eigenvalue weighted by atomic mass is 10.3. The highest BCUT2D eigenvalue weighted by Gasteiger charge is 2.34. The van der Waals surface area contributed by atoms with E-state index in [2.05, 4.69) is 31.9 Å². The second-order valence-corrected chi connectivity index (χ2v) is 12.7. The van der Waals surface area contributed by atoms with Crippen molar-refractivity contribution in [1.82, 2.24) is 8.61 Å². The minimum atomic E-state index is -4.37. The topological polar surface area (TPSA) is 161 Å².